The summed E-state index contributed by atoms with van der Waals surface area (Å²) in [5.41, 5.74) is 15.2. The fourth-order valence-electron chi connectivity index (χ4n) is 14.1. The summed E-state index contributed by atoms with van der Waals surface area (Å²) in [7, 11) is 0. The van der Waals surface area contributed by atoms with E-state index in [1.807, 2.05) is 0 Å². The minimum absolute atomic E-state index is 0. The molecule has 0 amide bonds. The van der Waals surface area contributed by atoms with Crippen molar-refractivity contribution < 1.29 is 77.2 Å². The molecule has 8 heteroatoms. The minimum atomic E-state index is 0. The Balaban J connectivity index is 0.000000110. The molecule has 436 valence electrons. The fourth-order valence-corrected chi connectivity index (χ4v) is 14.1. The second-order valence-corrected chi connectivity index (χ2v) is 22.7. The van der Waals surface area contributed by atoms with Gasteiger partial charge in [0.15, 0.2) is 0 Å². The van der Waals surface area contributed by atoms with E-state index in [0.717, 1.165) is 0 Å². The van der Waals surface area contributed by atoms with Crippen molar-refractivity contribution in [2.75, 3.05) is 0 Å². The predicted molar refractivity (Wildman–Crippen MR) is 376 cm³/mol. The van der Waals surface area contributed by atoms with Crippen LogP contribution in [0.4, 0.5) is 0 Å². The Hall–Kier alpha value is -9.37. The maximum Gasteiger partial charge on any atom is 2.00 e. The fraction of sp³-hybridized carbons (Fsp3) is 0. The molecular formula is C84H56Cl2N4Zr2-2. The largest absolute Gasteiger partial charge is 2.00 e. The Bertz CT molecular complexity index is 5180. The van der Waals surface area contributed by atoms with E-state index in [2.05, 4.69) is 358 Å². The molecule has 0 unspecified atom stereocenters. The molecule has 92 heavy (non-hydrogen) atoms. The smallest absolute Gasteiger partial charge is 1.00 e. The van der Waals surface area contributed by atoms with E-state index in [9.17, 15) is 0 Å². The standard InChI is InChI=1S/4C21H14N.2ClH.2Zr/c4*1-2-9-16(10-3-1)22-20-13-7-6-12-18(20)19-14-15-8-4-5-11-17(15)21(19)22;;;;/h4*1-14H;2*1H;;/q4*-1;;;2*+2/p-2. The number of rotatable bonds is 4. The first-order valence-electron chi connectivity index (χ1n) is 30.3. The minimum Gasteiger partial charge on any atom is -1.00 e. The maximum absolute atomic E-state index is 2.38. The van der Waals surface area contributed by atoms with Gasteiger partial charge in [-0.3, -0.25) is 0 Å². The number of fused-ring (bicyclic) bond motifs is 20. The monoisotopic (exact) mass is 1370 g/mol. The van der Waals surface area contributed by atoms with Crippen LogP contribution in [0.25, 0.3) is 153 Å². The quantitative estimate of drug-likeness (QED) is 0.157. The number of hydrogen-bond acceptors (Lipinski definition) is 0. The Morgan fingerprint density at radius 3 is 0.543 bits per heavy atom. The van der Waals surface area contributed by atoms with E-state index < -0.39 is 0 Å². The molecule has 0 aliphatic rings. The van der Waals surface area contributed by atoms with Crippen LogP contribution in [0.1, 0.15) is 0 Å². The van der Waals surface area contributed by atoms with Crippen LogP contribution in [0.15, 0.2) is 340 Å². The third-order valence-electron chi connectivity index (χ3n) is 17.8. The van der Waals surface area contributed by atoms with Crippen LogP contribution in [0.3, 0.4) is 0 Å². The second-order valence-electron chi connectivity index (χ2n) is 22.7. The molecule has 0 atom stereocenters. The van der Waals surface area contributed by atoms with E-state index in [1.165, 1.54) is 153 Å². The third kappa shape index (κ3) is 10.3. The van der Waals surface area contributed by atoms with E-state index in [-0.39, 0.29) is 77.2 Å². The second kappa shape index (κ2) is 26.1. The average Bonchev–Trinajstić information content (AvgIpc) is 1.62. The first-order chi connectivity index (χ1) is 43.7. The summed E-state index contributed by atoms with van der Waals surface area (Å²) in [6.07, 6.45) is 0. The molecule has 20 rings (SSSR count). The predicted octanol–water partition coefficient (Wildman–Crippen LogP) is 16.6. The molecule has 0 bridgehead atoms. The van der Waals surface area contributed by atoms with Crippen LogP contribution in [0.5, 0.6) is 0 Å². The first-order valence-corrected chi connectivity index (χ1v) is 30.3. The zero-order valence-corrected chi connectivity index (χ0v) is 56.3. The molecule has 16 aromatic carbocycles. The van der Waals surface area contributed by atoms with Gasteiger partial charge in [-0.25, -0.2) is 0 Å². The van der Waals surface area contributed by atoms with Crippen LogP contribution in [0, 0.1) is 0 Å². The van der Waals surface area contributed by atoms with Crippen molar-refractivity contribution in [3.8, 4) is 22.7 Å². The molecule has 0 aliphatic carbocycles. The molecule has 20 aromatic rings. The van der Waals surface area contributed by atoms with Crippen molar-refractivity contribution in [3.05, 3.63) is 340 Å². The van der Waals surface area contributed by atoms with Gasteiger partial charge in [-0.15, -0.1) is 70.1 Å². The van der Waals surface area contributed by atoms with Gasteiger partial charge in [0, 0.05) is 44.8 Å². The Kier molecular flexibility index (Phi) is 17.4. The van der Waals surface area contributed by atoms with Crippen molar-refractivity contribution in [1.29, 1.82) is 0 Å². The third-order valence-corrected chi connectivity index (χ3v) is 17.8. The number of halogens is 2. The molecule has 0 N–H and O–H groups in total. The maximum atomic E-state index is 2.38. The number of aromatic nitrogens is 4. The van der Waals surface area contributed by atoms with Gasteiger partial charge in [0.25, 0.3) is 0 Å². The summed E-state index contributed by atoms with van der Waals surface area (Å²) >= 11 is 0. The van der Waals surface area contributed by atoms with Gasteiger partial charge in [-0.2, -0.15) is 0 Å². The number of nitrogens with zero attached hydrogens (tertiary/aromatic N) is 4. The van der Waals surface area contributed by atoms with Gasteiger partial charge in [-0.05, 0) is 94.9 Å². The average molecular weight is 1370 g/mol. The molecule has 4 nitrogen and oxygen atoms in total. The van der Waals surface area contributed by atoms with Crippen molar-refractivity contribution >= 4 is 130 Å². The number of para-hydroxylation sites is 8. The van der Waals surface area contributed by atoms with Crippen LogP contribution in [-0.2, 0) is 52.4 Å². The summed E-state index contributed by atoms with van der Waals surface area (Å²) in [4.78, 5) is 0. The van der Waals surface area contributed by atoms with Crippen molar-refractivity contribution in [3.63, 3.8) is 0 Å². The van der Waals surface area contributed by atoms with E-state index in [4.69, 9.17) is 0 Å². The van der Waals surface area contributed by atoms with Crippen LogP contribution in [0.2, 0.25) is 0 Å². The van der Waals surface area contributed by atoms with Crippen LogP contribution < -0.4 is 24.8 Å². The van der Waals surface area contributed by atoms with E-state index >= 15 is 0 Å². The van der Waals surface area contributed by atoms with Gasteiger partial charge in [-0.1, -0.05) is 283 Å². The molecular weight excluding hydrogens is 1320 g/mol. The van der Waals surface area contributed by atoms with Gasteiger partial charge < -0.3 is 43.1 Å². The van der Waals surface area contributed by atoms with Crippen LogP contribution in [-0.4, -0.2) is 18.3 Å². The molecule has 0 aliphatic heterocycles. The van der Waals surface area contributed by atoms with Gasteiger partial charge in [0.2, 0.25) is 0 Å². The summed E-state index contributed by atoms with van der Waals surface area (Å²) in [5, 5.41) is 21.1. The van der Waals surface area contributed by atoms with Crippen molar-refractivity contribution in [2.24, 2.45) is 0 Å². The Morgan fingerprint density at radius 1 is 0.174 bits per heavy atom. The zero-order chi connectivity index (χ0) is 58.1. The molecule has 4 heterocycles. The molecule has 0 spiro atoms. The van der Waals surface area contributed by atoms with Gasteiger partial charge in [0.05, 0.1) is 0 Å². The normalized spacial score (nSPS) is 11.1. The topological polar surface area (TPSA) is 19.7 Å². The summed E-state index contributed by atoms with van der Waals surface area (Å²) < 4.78 is 9.53. The Morgan fingerprint density at radius 2 is 0.337 bits per heavy atom. The molecule has 0 radical (unpaired) electrons. The number of benzene rings is 12. The summed E-state index contributed by atoms with van der Waals surface area (Å²) in [6, 6.07) is 121. The van der Waals surface area contributed by atoms with Gasteiger partial charge in [0.1, 0.15) is 0 Å². The summed E-state index contributed by atoms with van der Waals surface area (Å²) in [6.45, 7) is 0. The SMILES string of the molecule is [Cl-].[Cl-].[Zr+2].[Zr+2].c1ccc(-n2c3ccccc3c3[cH-]c4ccccc4c32)cc1.c1ccc(-n2c3ccccc3c3[cH-]c4ccccc4c32)cc1.c1ccc(-n2c3ccccc3c3[cH-]c4ccccc4c32)cc1.c1ccc(-n2c3ccccc3c3[cH-]c4ccccc4c32)cc1. The van der Waals surface area contributed by atoms with Crippen molar-refractivity contribution in [2.45, 2.75) is 0 Å². The van der Waals surface area contributed by atoms with E-state index in [1.54, 1.807) is 0 Å². The molecule has 4 aromatic heterocycles. The van der Waals surface area contributed by atoms with E-state index in [0.29, 0.717) is 0 Å². The van der Waals surface area contributed by atoms with Crippen LogP contribution >= 0.6 is 0 Å². The molecule has 0 fully saturated rings. The molecule has 0 saturated heterocycles. The first kappa shape index (κ1) is 61.5. The summed E-state index contributed by atoms with van der Waals surface area (Å²) in [5.74, 6) is 0. The number of hydrogen-bond donors (Lipinski definition) is 0. The van der Waals surface area contributed by atoms with Crippen molar-refractivity contribution in [1.82, 2.24) is 18.3 Å². The van der Waals surface area contributed by atoms with Gasteiger partial charge >= 0.3 is 52.4 Å². The zero-order valence-electron chi connectivity index (χ0n) is 49.9. The molecule has 0 saturated carbocycles. The Labute approximate surface area is 582 Å².